The number of aliphatic hydroxyl groups is 1. The van der Waals surface area contributed by atoms with Crippen molar-refractivity contribution < 1.29 is 9.90 Å². The molecule has 0 unspecified atom stereocenters. The third-order valence-corrected chi connectivity index (χ3v) is 1.41. The number of carbonyl (C=O) groups excluding carboxylic acids is 1. The second-order valence-corrected chi connectivity index (χ2v) is 2.35. The first-order valence-electron chi connectivity index (χ1n) is 3.75. The van der Waals surface area contributed by atoms with E-state index in [9.17, 15) is 4.79 Å². The molecule has 1 atom stereocenters. The predicted octanol–water partition coefficient (Wildman–Crippen LogP) is 0.450. The molecule has 64 valence electrons. The summed E-state index contributed by atoms with van der Waals surface area (Å²) in [5, 5.41) is 11.4. The van der Waals surface area contributed by atoms with Crippen molar-refractivity contribution in [2.45, 2.75) is 25.8 Å². The van der Waals surface area contributed by atoms with E-state index >= 15 is 0 Å². The monoisotopic (exact) mass is 157 g/mol. The summed E-state index contributed by atoms with van der Waals surface area (Å²) in [4.78, 5) is 10.9. The Morgan fingerprint density at radius 1 is 1.82 bits per heavy atom. The molecule has 3 nitrogen and oxygen atoms in total. The molecule has 0 saturated carbocycles. The van der Waals surface area contributed by atoms with Gasteiger partial charge in [-0.15, -0.1) is 6.58 Å². The molecule has 0 aliphatic rings. The van der Waals surface area contributed by atoms with Crippen LogP contribution in [0.15, 0.2) is 12.7 Å². The van der Waals surface area contributed by atoms with Gasteiger partial charge in [-0.25, -0.2) is 0 Å². The predicted molar refractivity (Wildman–Crippen MR) is 44.1 cm³/mol. The summed E-state index contributed by atoms with van der Waals surface area (Å²) < 4.78 is 0. The van der Waals surface area contributed by atoms with Crippen molar-refractivity contribution in [1.82, 2.24) is 5.32 Å². The molecule has 2 N–H and O–H groups in total. The molecule has 0 aromatic rings. The quantitative estimate of drug-likeness (QED) is 0.569. The molecule has 0 aromatic carbocycles. The summed E-state index contributed by atoms with van der Waals surface area (Å²) >= 11 is 0. The number of hydrogen-bond acceptors (Lipinski definition) is 2. The Kier molecular flexibility index (Phi) is 5.47. The van der Waals surface area contributed by atoms with Crippen molar-refractivity contribution in [1.29, 1.82) is 0 Å². The van der Waals surface area contributed by atoms with Crippen molar-refractivity contribution in [3.63, 3.8) is 0 Å². The maximum Gasteiger partial charge on any atom is 0.224 e. The number of nitrogens with one attached hydrogen (secondary N) is 1. The molecule has 0 radical (unpaired) electrons. The average Bonchev–Trinajstić information content (AvgIpc) is 2.01. The number of aliphatic hydroxyl groups excluding tert-OH is 1. The van der Waals surface area contributed by atoms with Crippen molar-refractivity contribution in [3.05, 3.63) is 12.7 Å². The van der Waals surface area contributed by atoms with E-state index in [1.165, 1.54) is 0 Å². The first-order chi connectivity index (χ1) is 5.24. The van der Waals surface area contributed by atoms with Crippen LogP contribution in [-0.2, 0) is 4.79 Å². The SMILES string of the molecule is C=CCC(=O)N[C@@H](CC)CO. The minimum atomic E-state index is -0.109. The number of rotatable bonds is 5. The van der Waals surface area contributed by atoms with Gasteiger partial charge in [0.1, 0.15) is 0 Å². The van der Waals surface area contributed by atoms with Crippen molar-refractivity contribution >= 4 is 5.91 Å². The van der Waals surface area contributed by atoms with Crippen LogP contribution in [0, 0.1) is 0 Å². The van der Waals surface area contributed by atoms with Crippen LogP contribution in [0.2, 0.25) is 0 Å². The van der Waals surface area contributed by atoms with Crippen LogP contribution >= 0.6 is 0 Å². The van der Waals surface area contributed by atoms with Gasteiger partial charge in [0, 0.05) is 6.42 Å². The molecule has 0 bridgehead atoms. The highest BCUT2D eigenvalue weighted by Gasteiger charge is 2.06. The Morgan fingerprint density at radius 3 is 2.82 bits per heavy atom. The van der Waals surface area contributed by atoms with Crippen LogP contribution in [0.5, 0.6) is 0 Å². The lowest BCUT2D eigenvalue weighted by molar-refractivity contribution is -0.121. The van der Waals surface area contributed by atoms with Gasteiger partial charge >= 0.3 is 0 Å². The van der Waals surface area contributed by atoms with Crippen molar-refractivity contribution in [2.75, 3.05) is 6.61 Å². The van der Waals surface area contributed by atoms with Gasteiger partial charge in [-0.2, -0.15) is 0 Å². The van der Waals surface area contributed by atoms with Crippen molar-refractivity contribution in [2.24, 2.45) is 0 Å². The topological polar surface area (TPSA) is 49.3 Å². The second-order valence-electron chi connectivity index (χ2n) is 2.35. The van der Waals surface area contributed by atoms with E-state index in [1.54, 1.807) is 6.08 Å². The molecule has 0 fully saturated rings. The maximum absolute atomic E-state index is 10.9. The molecule has 1 amide bonds. The molecular formula is C8H15NO2. The van der Waals surface area contributed by atoms with Gasteiger partial charge in [0.25, 0.3) is 0 Å². The zero-order chi connectivity index (χ0) is 8.69. The Morgan fingerprint density at radius 2 is 2.45 bits per heavy atom. The van der Waals surface area contributed by atoms with E-state index in [1.807, 2.05) is 6.92 Å². The lowest BCUT2D eigenvalue weighted by Gasteiger charge is -2.12. The highest BCUT2D eigenvalue weighted by atomic mass is 16.3. The van der Waals surface area contributed by atoms with Crippen LogP contribution in [0.3, 0.4) is 0 Å². The largest absolute Gasteiger partial charge is 0.394 e. The molecule has 0 rings (SSSR count). The van der Waals surface area contributed by atoms with Crippen molar-refractivity contribution in [3.8, 4) is 0 Å². The maximum atomic E-state index is 10.9. The third kappa shape index (κ3) is 4.56. The number of hydrogen-bond donors (Lipinski definition) is 2. The van der Waals surface area contributed by atoms with E-state index in [0.717, 1.165) is 6.42 Å². The Balaban J connectivity index is 3.62. The Hall–Kier alpha value is -0.830. The van der Waals surface area contributed by atoms with Gasteiger partial charge in [-0.3, -0.25) is 4.79 Å². The van der Waals surface area contributed by atoms with Gasteiger partial charge in [0.15, 0.2) is 0 Å². The Bertz CT molecular complexity index is 130. The Labute approximate surface area is 67.1 Å². The summed E-state index contributed by atoms with van der Waals surface area (Å²) in [5.74, 6) is -0.0825. The molecule has 0 saturated heterocycles. The molecule has 0 aliphatic carbocycles. The average molecular weight is 157 g/mol. The minimum absolute atomic E-state index is 0.000612. The van der Waals surface area contributed by atoms with E-state index in [-0.39, 0.29) is 18.6 Å². The van der Waals surface area contributed by atoms with Crippen LogP contribution in [0.4, 0.5) is 0 Å². The molecule has 0 aliphatic heterocycles. The van der Waals surface area contributed by atoms with Crippen LogP contribution in [0.25, 0.3) is 0 Å². The van der Waals surface area contributed by atoms with Gasteiger partial charge in [-0.1, -0.05) is 13.0 Å². The second kappa shape index (κ2) is 5.92. The minimum Gasteiger partial charge on any atom is -0.394 e. The van der Waals surface area contributed by atoms with Gasteiger partial charge in [0.05, 0.1) is 12.6 Å². The van der Waals surface area contributed by atoms with E-state index in [0.29, 0.717) is 6.42 Å². The summed E-state index contributed by atoms with van der Waals surface area (Å²) in [6.45, 7) is 5.35. The van der Waals surface area contributed by atoms with Gasteiger partial charge in [-0.05, 0) is 6.42 Å². The standard InChI is InChI=1S/C8H15NO2/c1-3-5-8(11)9-7(4-2)6-10/h3,7,10H,1,4-6H2,2H3,(H,9,11)/t7-/m0/s1. The van der Waals surface area contributed by atoms with E-state index in [2.05, 4.69) is 11.9 Å². The number of carbonyl (C=O) groups is 1. The number of amides is 1. The summed E-state index contributed by atoms with van der Waals surface area (Å²) in [6, 6.07) is -0.109. The van der Waals surface area contributed by atoms with Gasteiger partial charge < -0.3 is 10.4 Å². The van der Waals surface area contributed by atoms with E-state index in [4.69, 9.17) is 5.11 Å². The summed E-state index contributed by atoms with van der Waals surface area (Å²) in [7, 11) is 0. The van der Waals surface area contributed by atoms with Crippen LogP contribution in [0.1, 0.15) is 19.8 Å². The normalized spacial score (nSPS) is 12.2. The summed E-state index contributed by atoms with van der Waals surface area (Å²) in [6.07, 6.45) is 2.61. The molecule has 0 aromatic heterocycles. The third-order valence-electron chi connectivity index (χ3n) is 1.41. The lowest BCUT2D eigenvalue weighted by Crippen LogP contribution is -2.36. The molecule has 0 heterocycles. The molecular weight excluding hydrogens is 142 g/mol. The van der Waals surface area contributed by atoms with Crippen LogP contribution in [-0.4, -0.2) is 23.7 Å². The lowest BCUT2D eigenvalue weighted by atomic mass is 10.2. The van der Waals surface area contributed by atoms with Crippen LogP contribution < -0.4 is 5.32 Å². The fraction of sp³-hybridized carbons (Fsp3) is 0.625. The fourth-order valence-electron chi connectivity index (χ4n) is 0.694. The first kappa shape index (κ1) is 10.2. The van der Waals surface area contributed by atoms with E-state index < -0.39 is 0 Å². The fourth-order valence-corrected chi connectivity index (χ4v) is 0.694. The highest BCUT2D eigenvalue weighted by molar-refractivity contribution is 5.77. The van der Waals surface area contributed by atoms with Gasteiger partial charge in [0.2, 0.25) is 5.91 Å². The first-order valence-corrected chi connectivity index (χ1v) is 3.75. The molecule has 0 spiro atoms. The smallest absolute Gasteiger partial charge is 0.224 e. The molecule has 3 heteroatoms. The summed E-state index contributed by atoms with van der Waals surface area (Å²) in [5.41, 5.74) is 0. The zero-order valence-corrected chi connectivity index (χ0v) is 6.84. The zero-order valence-electron chi connectivity index (χ0n) is 6.84. The highest BCUT2D eigenvalue weighted by Crippen LogP contribution is 1.90. The molecule has 11 heavy (non-hydrogen) atoms.